The minimum Gasteiger partial charge on any atom is -0.355 e. The van der Waals surface area contributed by atoms with Crippen LogP contribution in [-0.2, 0) is 4.79 Å². The monoisotopic (exact) mass is 230 g/mol. The number of carbonyl (C=O) groups excluding carboxylic acids is 1. The molecule has 0 bridgehead atoms. The van der Waals surface area contributed by atoms with E-state index in [9.17, 15) is 4.79 Å². The summed E-state index contributed by atoms with van der Waals surface area (Å²) in [5.74, 6) is 1.43. The lowest BCUT2D eigenvalue weighted by atomic mass is 10.2. The first kappa shape index (κ1) is 12.8. The summed E-state index contributed by atoms with van der Waals surface area (Å²) in [5.41, 5.74) is 0. The van der Waals surface area contributed by atoms with Gasteiger partial charge in [-0.05, 0) is 44.2 Å². The highest BCUT2D eigenvalue weighted by atomic mass is 32.2. The number of thioether (sulfide) groups is 1. The molecule has 88 valence electrons. The SMILES string of the molecule is CSCCCCCNC(=O)C1CCCN1. The molecule has 2 N–H and O–H groups in total. The number of hydrogen-bond donors (Lipinski definition) is 2. The van der Waals surface area contributed by atoms with Crippen LogP contribution < -0.4 is 10.6 Å². The number of rotatable bonds is 7. The topological polar surface area (TPSA) is 41.1 Å². The Labute approximate surface area is 96.8 Å². The van der Waals surface area contributed by atoms with E-state index in [1.807, 2.05) is 11.8 Å². The van der Waals surface area contributed by atoms with Crippen molar-refractivity contribution in [3.05, 3.63) is 0 Å². The van der Waals surface area contributed by atoms with Crippen molar-refractivity contribution in [1.29, 1.82) is 0 Å². The summed E-state index contributed by atoms with van der Waals surface area (Å²) in [6.07, 6.45) is 7.86. The molecule has 0 saturated carbocycles. The summed E-state index contributed by atoms with van der Waals surface area (Å²) in [6, 6.07) is 0.0798. The Morgan fingerprint density at radius 1 is 1.47 bits per heavy atom. The maximum absolute atomic E-state index is 11.6. The number of amides is 1. The number of nitrogens with one attached hydrogen (secondary N) is 2. The second-order valence-corrected chi connectivity index (χ2v) is 4.98. The molecule has 0 spiro atoms. The third-order valence-corrected chi connectivity index (χ3v) is 3.40. The van der Waals surface area contributed by atoms with Crippen LogP contribution in [0.3, 0.4) is 0 Å². The van der Waals surface area contributed by atoms with Crippen molar-refractivity contribution in [3.8, 4) is 0 Å². The largest absolute Gasteiger partial charge is 0.355 e. The normalized spacial score (nSPS) is 20.5. The molecule has 0 aliphatic carbocycles. The molecule has 3 nitrogen and oxygen atoms in total. The first-order valence-corrected chi connectivity index (χ1v) is 7.24. The number of unbranched alkanes of at least 4 members (excludes halogenated alkanes) is 2. The lowest BCUT2D eigenvalue weighted by Crippen LogP contribution is -2.40. The van der Waals surface area contributed by atoms with Gasteiger partial charge in [-0.1, -0.05) is 6.42 Å². The van der Waals surface area contributed by atoms with Crippen molar-refractivity contribution in [1.82, 2.24) is 10.6 Å². The van der Waals surface area contributed by atoms with Gasteiger partial charge in [0.1, 0.15) is 0 Å². The highest BCUT2D eigenvalue weighted by molar-refractivity contribution is 7.98. The Hall–Kier alpha value is -0.220. The summed E-state index contributed by atoms with van der Waals surface area (Å²) in [5, 5.41) is 6.20. The molecule has 4 heteroatoms. The Kier molecular flexibility index (Phi) is 6.85. The second-order valence-electron chi connectivity index (χ2n) is 3.99. The zero-order chi connectivity index (χ0) is 10.9. The summed E-state index contributed by atoms with van der Waals surface area (Å²) in [7, 11) is 0. The Balaban J connectivity index is 1.92. The molecule has 1 rings (SSSR count). The summed E-state index contributed by atoms with van der Waals surface area (Å²) >= 11 is 1.89. The first-order chi connectivity index (χ1) is 7.34. The fourth-order valence-electron chi connectivity index (χ4n) is 1.79. The van der Waals surface area contributed by atoms with Crippen LogP contribution in [0.5, 0.6) is 0 Å². The average molecular weight is 230 g/mol. The molecule has 1 amide bonds. The van der Waals surface area contributed by atoms with Crippen LogP contribution in [0.4, 0.5) is 0 Å². The molecule has 0 aromatic heterocycles. The van der Waals surface area contributed by atoms with E-state index in [1.54, 1.807) is 0 Å². The van der Waals surface area contributed by atoms with Gasteiger partial charge < -0.3 is 10.6 Å². The Bertz CT molecular complexity index is 181. The van der Waals surface area contributed by atoms with Gasteiger partial charge in [0.05, 0.1) is 6.04 Å². The maximum atomic E-state index is 11.6. The molecule has 0 aromatic rings. The van der Waals surface area contributed by atoms with Crippen molar-refractivity contribution in [2.45, 2.75) is 38.1 Å². The average Bonchev–Trinajstić information content (AvgIpc) is 2.76. The zero-order valence-corrected chi connectivity index (χ0v) is 10.4. The summed E-state index contributed by atoms with van der Waals surface area (Å²) in [6.45, 7) is 1.83. The van der Waals surface area contributed by atoms with Gasteiger partial charge >= 0.3 is 0 Å². The predicted octanol–water partition coefficient (Wildman–Crippen LogP) is 1.39. The van der Waals surface area contributed by atoms with Gasteiger partial charge in [0.25, 0.3) is 0 Å². The van der Waals surface area contributed by atoms with Gasteiger partial charge in [-0.15, -0.1) is 0 Å². The molecule has 15 heavy (non-hydrogen) atoms. The molecule has 1 heterocycles. The molecule has 1 fully saturated rings. The van der Waals surface area contributed by atoms with Crippen molar-refractivity contribution < 1.29 is 4.79 Å². The van der Waals surface area contributed by atoms with Gasteiger partial charge in [0, 0.05) is 6.54 Å². The van der Waals surface area contributed by atoms with E-state index in [0.29, 0.717) is 0 Å². The molecule has 0 radical (unpaired) electrons. The minimum absolute atomic E-state index is 0.0798. The van der Waals surface area contributed by atoms with Crippen molar-refractivity contribution in [2.75, 3.05) is 25.1 Å². The highest BCUT2D eigenvalue weighted by Gasteiger charge is 2.20. The first-order valence-electron chi connectivity index (χ1n) is 5.84. The van der Waals surface area contributed by atoms with Crippen LogP contribution in [0.1, 0.15) is 32.1 Å². The van der Waals surface area contributed by atoms with E-state index in [1.165, 1.54) is 18.6 Å². The van der Waals surface area contributed by atoms with E-state index in [0.717, 1.165) is 32.4 Å². The predicted molar refractivity (Wildman–Crippen MR) is 66.3 cm³/mol. The van der Waals surface area contributed by atoms with E-state index < -0.39 is 0 Å². The molecule has 1 saturated heterocycles. The van der Waals surface area contributed by atoms with Crippen LogP contribution in [0.2, 0.25) is 0 Å². The number of hydrogen-bond acceptors (Lipinski definition) is 3. The Morgan fingerprint density at radius 3 is 3.00 bits per heavy atom. The summed E-state index contributed by atoms with van der Waals surface area (Å²) in [4.78, 5) is 11.6. The minimum atomic E-state index is 0.0798. The van der Waals surface area contributed by atoms with Crippen LogP contribution in [0, 0.1) is 0 Å². The maximum Gasteiger partial charge on any atom is 0.237 e. The van der Waals surface area contributed by atoms with E-state index >= 15 is 0 Å². The number of carbonyl (C=O) groups is 1. The van der Waals surface area contributed by atoms with Crippen LogP contribution in [-0.4, -0.2) is 37.0 Å². The van der Waals surface area contributed by atoms with Gasteiger partial charge in [-0.25, -0.2) is 0 Å². The van der Waals surface area contributed by atoms with E-state index in [4.69, 9.17) is 0 Å². The van der Waals surface area contributed by atoms with Gasteiger partial charge in [-0.2, -0.15) is 11.8 Å². The van der Waals surface area contributed by atoms with Gasteiger partial charge in [0.15, 0.2) is 0 Å². The lowest BCUT2D eigenvalue weighted by molar-refractivity contribution is -0.122. The van der Waals surface area contributed by atoms with Crippen LogP contribution >= 0.6 is 11.8 Å². The van der Waals surface area contributed by atoms with E-state index in [2.05, 4.69) is 16.9 Å². The van der Waals surface area contributed by atoms with Gasteiger partial charge in [-0.3, -0.25) is 4.79 Å². The highest BCUT2D eigenvalue weighted by Crippen LogP contribution is 2.05. The van der Waals surface area contributed by atoms with Crippen molar-refractivity contribution in [2.24, 2.45) is 0 Å². The quantitative estimate of drug-likeness (QED) is 0.649. The molecule has 1 atom stereocenters. The van der Waals surface area contributed by atoms with Crippen molar-refractivity contribution in [3.63, 3.8) is 0 Å². The molecular formula is C11H22N2OS. The lowest BCUT2D eigenvalue weighted by Gasteiger charge is -2.10. The van der Waals surface area contributed by atoms with Gasteiger partial charge in [0.2, 0.25) is 5.91 Å². The fourth-order valence-corrected chi connectivity index (χ4v) is 2.28. The van der Waals surface area contributed by atoms with Crippen LogP contribution in [0.15, 0.2) is 0 Å². The summed E-state index contributed by atoms with van der Waals surface area (Å²) < 4.78 is 0. The van der Waals surface area contributed by atoms with Crippen LogP contribution in [0.25, 0.3) is 0 Å². The molecular weight excluding hydrogens is 208 g/mol. The molecule has 0 aromatic carbocycles. The zero-order valence-electron chi connectivity index (χ0n) is 9.55. The fraction of sp³-hybridized carbons (Fsp3) is 0.909. The van der Waals surface area contributed by atoms with Crippen molar-refractivity contribution >= 4 is 17.7 Å². The molecule has 1 unspecified atom stereocenters. The molecule has 1 aliphatic rings. The smallest absolute Gasteiger partial charge is 0.237 e. The standard InChI is InChI=1S/C11H22N2OS/c1-15-9-4-2-3-7-13-11(14)10-6-5-8-12-10/h10,12H,2-9H2,1H3,(H,13,14). The third-order valence-electron chi connectivity index (χ3n) is 2.70. The second kappa shape index (κ2) is 7.99. The molecule has 1 aliphatic heterocycles. The van der Waals surface area contributed by atoms with E-state index in [-0.39, 0.29) is 11.9 Å². The third kappa shape index (κ3) is 5.42. The Morgan fingerprint density at radius 2 is 2.33 bits per heavy atom.